The van der Waals surface area contributed by atoms with Gasteiger partial charge in [0.15, 0.2) is 11.6 Å². The number of nitrogens with one attached hydrogen (secondary N) is 1. The Morgan fingerprint density at radius 1 is 1.10 bits per heavy atom. The highest BCUT2D eigenvalue weighted by molar-refractivity contribution is 5.98. The number of rotatable bonds is 4. The van der Waals surface area contributed by atoms with Gasteiger partial charge in [0, 0.05) is 50.4 Å². The van der Waals surface area contributed by atoms with E-state index in [-0.39, 0.29) is 23.4 Å². The zero-order chi connectivity index (χ0) is 20.4. The van der Waals surface area contributed by atoms with Gasteiger partial charge in [-0.2, -0.15) is 0 Å². The maximum absolute atomic E-state index is 13.9. The molecule has 152 valence electrons. The number of carbonyl (C=O) groups is 2. The molecule has 1 N–H and O–H groups in total. The van der Waals surface area contributed by atoms with Crippen LogP contribution in [0.15, 0.2) is 36.4 Å². The Balaban J connectivity index is 1.35. The summed E-state index contributed by atoms with van der Waals surface area (Å²) in [5.41, 5.74) is 3.36. The molecule has 6 nitrogen and oxygen atoms in total. The van der Waals surface area contributed by atoms with Gasteiger partial charge >= 0.3 is 0 Å². The number of aryl methyl sites for hydroxylation is 1. The molecule has 29 heavy (non-hydrogen) atoms. The molecule has 2 aliphatic heterocycles. The molecule has 1 fully saturated rings. The van der Waals surface area contributed by atoms with E-state index in [1.54, 1.807) is 12.1 Å². The number of carbonyl (C=O) groups excluding carboxylic acids is 2. The predicted octanol–water partition coefficient (Wildman–Crippen LogP) is 2.68. The number of methoxy groups -OCH3 is 1. The molecule has 0 aromatic heterocycles. The number of anilines is 1. The van der Waals surface area contributed by atoms with Crippen molar-refractivity contribution >= 4 is 17.5 Å². The second-order valence-electron chi connectivity index (χ2n) is 7.46. The predicted molar refractivity (Wildman–Crippen MR) is 108 cm³/mol. The molecule has 0 bridgehead atoms. The van der Waals surface area contributed by atoms with Crippen LogP contribution >= 0.6 is 0 Å². The van der Waals surface area contributed by atoms with E-state index in [4.69, 9.17) is 4.74 Å². The Hall–Kier alpha value is -2.93. The van der Waals surface area contributed by atoms with Crippen molar-refractivity contribution in [1.29, 1.82) is 0 Å². The Morgan fingerprint density at radius 3 is 2.62 bits per heavy atom. The monoisotopic (exact) mass is 397 g/mol. The minimum Gasteiger partial charge on any atom is -0.494 e. The molecule has 4 rings (SSSR count). The van der Waals surface area contributed by atoms with E-state index in [0.717, 1.165) is 29.9 Å². The van der Waals surface area contributed by atoms with E-state index in [9.17, 15) is 14.0 Å². The van der Waals surface area contributed by atoms with Crippen LogP contribution in [0.1, 0.15) is 27.9 Å². The fourth-order valence-electron chi connectivity index (χ4n) is 3.87. The quantitative estimate of drug-likeness (QED) is 0.862. The van der Waals surface area contributed by atoms with E-state index in [2.05, 4.69) is 10.2 Å². The fraction of sp³-hybridized carbons (Fsp3) is 0.364. The standard InChI is InChI=1S/C22H24FN3O3/c1-29-20-6-2-15(12-18(20)23)14-25-8-10-26(11-9-25)22(28)17-3-5-19-16(13-17)4-7-21(27)24-19/h2-3,5-6,12-13H,4,7-11,14H2,1H3,(H,24,27). The summed E-state index contributed by atoms with van der Waals surface area (Å²) in [6.45, 7) is 3.37. The van der Waals surface area contributed by atoms with Crippen LogP contribution in [-0.4, -0.2) is 54.9 Å². The summed E-state index contributed by atoms with van der Waals surface area (Å²) in [5.74, 6) is -0.0829. The molecule has 0 spiro atoms. The topological polar surface area (TPSA) is 61.9 Å². The third-order valence-electron chi connectivity index (χ3n) is 5.53. The lowest BCUT2D eigenvalue weighted by Gasteiger charge is -2.35. The first-order chi connectivity index (χ1) is 14.0. The lowest BCUT2D eigenvalue weighted by Crippen LogP contribution is -2.48. The Morgan fingerprint density at radius 2 is 1.90 bits per heavy atom. The lowest BCUT2D eigenvalue weighted by molar-refractivity contribution is -0.116. The van der Waals surface area contributed by atoms with Gasteiger partial charge in [0.25, 0.3) is 5.91 Å². The van der Waals surface area contributed by atoms with E-state index in [1.807, 2.05) is 23.1 Å². The summed E-state index contributed by atoms with van der Waals surface area (Å²) in [7, 11) is 1.45. The van der Waals surface area contributed by atoms with Crippen molar-refractivity contribution in [2.24, 2.45) is 0 Å². The first-order valence-corrected chi connectivity index (χ1v) is 9.80. The summed E-state index contributed by atoms with van der Waals surface area (Å²) in [6, 6.07) is 10.5. The number of fused-ring (bicyclic) bond motifs is 1. The molecule has 1 saturated heterocycles. The summed E-state index contributed by atoms with van der Waals surface area (Å²) >= 11 is 0. The molecule has 2 amide bonds. The van der Waals surface area contributed by atoms with Gasteiger partial charge in [0.2, 0.25) is 5.91 Å². The minimum atomic E-state index is -0.359. The normalized spacial score (nSPS) is 16.9. The summed E-state index contributed by atoms with van der Waals surface area (Å²) in [6.07, 6.45) is 1.11. The van der Waals surface area contributed by atoms with Crippen molar-refractivity contribution in [2.75, 3.05) is 38.6 Å². The van der Waals surface area contributed by atoms with Crippen LogP contribution in [-0.2, 0) is 17.8 Å². The van der Waals surface area contributed by atoms with Crippen molar-refractivity contribution < 1.29 is 18.7 Å². The summed E-state index contributed by atoms with van der Waals surface area (Å²) in [4.78, 5) is 28.4. The number of ether oxygens (including phenoxy) is 1. The fourth-order valence-corrected chi connectivity index (χ4v) is 3.87. The van der Waals surface area contributed by atoms with Gasteiger partial charge in [-0.3, -0.25) is 14.5 Å². The van der Waals surface area contributed by atoms with Crippen LogP contribution in [0.5, 0.6) is 5.75 Å². The maximum Gasteiger partial charge on any atom is 0.253 e. The summed E-state index contributed by atoms with van der Waals surface area (Å²) < 4.78 is 18.8. The number of nitrogens with zero attached hydrogens (tertiary/aromatic N) is 2. The van der Waals surface area contributed by atoms with Gasteiger partial charge in [-0.05, 0) is 47.9 Å². The van der Waals surface area contributed by atoms with Crippen LogP contribution in [0.2, 0.25) is 0 Å². The molecule has 2 heterocycles. The van der Waals surface area contributed by atoms with Gasteiger partial charge in [0.1, 0.15) is 0 Å². The molecular weight excluding hydrogens is 373 g/mol. The van der Waals surface area contributed by atoms with E-state index < -0.39 is 0 Å². The largest absolute Gasteiger partial charge is 0.494 e. The molecule has 0 unspecified atom stereocenters. The van der Waals surface area contributed by atoms with Gasteiger partial charge in [-0.15, -0.1) is 0 Å². The van der Waals surface area contributed by atoms with Gasteiger partial charge in [0.05, 0.1) is 7.11 Å². The third kappa shape index (κ3) is 4.24. The number of halogens is 1. The van der Waals surface area contributed by atoms with E-state index in [0.29, 0.717) is 38.0 Å². The molecule has 0 atom stereocenters. The molecule has 2 aromatic rings. The van der Waals surface area contributed by atoms with Crippen LogP contribution < -0.4 is 10.1 Å². The van der Waals surface area contributed by atoms with E-state index >= 15 is 0 Å². The molecule has 0 saturated carbocycles. The average molecular weight is 397 g/mol. The van der Waals surface area contributed by atoms with Crippen LogP contribution in [0, 0.1) is 5.82 Å². The molecule has 2 aliphatic rings. The lowest BCUT2D eigenvalue weighted by atomic mass is 10.00. The van der Waals surface area contributed by atoms with Crippen molar-refractivity contribution in [1.82, 2.24) is 9.80 Å². The van der Waals surface area contributed by atoms with Gasteiger partial charge in [-0.25, -0.2) is 4.39 Å². The number of piperazine rings is 1. The van der Waals surface area contributed by atoms with Crippen molar-refractivity contribution in [3.05, 3.63) is 58.9 Å². The minimum absolute atomic E-state index is 0.0137. The SMILES string of the molecule is COc1ccc(CN2CCN(C(=O)c3ccc4c(c3)CCC(=O)N4)CC2)cc1F. The zero-order valence-electron chi connectivity index (χ0n) is 16.4. The van der Waals surface area contributed by atoms with Crippen molar-refractivity contribution in [3.63, 3.8) is 0 Å². The van der Waals surface area contributed by atoms with Crippen molar-refractivity contribution in [2.45, 2.75) is 19.4 Å². The van der Waals surface area contributed by atoms with Crippen LogP contribution in [0.3, 0.4) is 0 Å². The molecule has 7 heteroatoms. The van der Waals surface area contributed by atoms with Gasteiger partial charge < -0.3 is 15.0 Å². The highest BCUT2D eigenvalue weighted by Gasteiger charge is 2.24. The summed E-state index contributed by atoms with van der Waals surface area (Å²) in [5, 5.41) is 2.84. The molecule has 0 aliphatic carbocycles. The third-order valence-corrected chi connectivity index (χ3v) is 5.53. The smallest absolute Gasteiger partial charge is 0.253 e. The molecule has 0 radical (unpaired) electrons. The highest BCUT2D eigenvalue weighted by Crippen LogP contribution is 2.24. The molecular formula is C22H24FN3O3. The van der Waals surface area contributed by atoms with Crippen molar-refractivity contribution in [3.8, 4) is 5.75 Å². The first kappa shape index (κ1) is 19.4. The Bertz CT molecular complexity index is 939. The Labute approximate surface area is 169 Å². The number of hydrogen-bond acceptors (Lipinski definition) is 4. The second kappa shape index (κ2) is 8.21. The van der Waals surface area contributed by atoms with Crippen LogP contribution in [0.4, 0.5) is 10.1 Å². The average Bonchev–Trinajstić information content (AvgIpc) is 2.73. The molecule has 2 aromatic carbocycles. The Kier molecular flexibility index (Phi) is 5.49. The first-order valence-electron chi connectivity index (χ1n) is 9.80. The number of hydrogen-bond donors (Lipinski definition) is 1. The second-order valence-corrected chi connectivity index (χ2v) is 7.46. The number of benzene rings is 2. The maximum atomic E-state index is 13.9. The van der Waals surface area contributed by atoms with Crippen LogP contribution in [0.25, 0.3) is 0 Å². The van der Waals surface area contributed by atoms with E-state index in [1.165, 1.54) is 13.2 Å². The number of amides is 2. The highest BCUT2D eigenvalue weighted by atomic mass is 19.1. The zero-order valence-corrected chi connectivity index (χ0v) is 16.4. The van der Waals surface area contributed by atoms with Gasteiger partial charge in [-0.1, -0.05) is 6.07 Å².